The standard InChI is InChI=1S/C38H29N5S3/c39-22-28-34(29-23-40-29)36(38-37(42-46-43-38)35(28)31-20-21-33(45-31)41-26-14-8-3-9-15-26)32-19-18-30(44-32)27(25-12-6-2-7-13-25)17-16-24-10-4-1-5-11-24/h1-15,18-21,27,29,40-41H,16-17,23H2. The number of rotatable bonds is 10. The van der Waals surface area contributed by atoms with Gasteiger partial charge in [-0.15, -0.1) is 22.7 Å². The molecule has 2 N–H and O–H groups in total. The lowest BCUT2D eigenvalue weighted by atomic mass is 9.90. The number of aromatic nitrogens is 2. The van der Waals surface area contributed by atoms with Crippen molar-refractivity contribution in [1.29, 1.82) is 5.26 Å². The van der Waals surface area contributed by atoms with E-state index in [-0.39, 0.29) is 12.0 Å². The van der Waals surface area contributed by atoms with Gasteiger partial charge in [0.1, 0.15) is 17.1 Å². The minimum atomic E-state index is 0.116. The zero-order chi connectivity index (χ0) is 30.9. The number of benzene rings is 4. The van der Waals surface area contributed by atoms with Gasteiger partial charge in [-0.3, -0.25) is 0 Å². The SMILES string of the molecule is N#Cc1c(C2CN2)c(-c2ccc(C(CCc3ccccc3)c3ccccc3)s2)c2nsnc2c1-c1ccc(Nc2ccccc2)s1. The highest BCUT2D eigenvalue weighted by atomic mass is 32.1. The molecular weight excluding hydrogens is 623 g/mol. The van der Waals surface area contributed by atoms with E-state index in [9.17, 15) is 5.26 Å². The molecule has 0 spiro atoms. The van der Waals surface area contributed by atoms with E-state index in [1.807, 2.05) is 41.7 Å². The van der Waals surface area contributed by atoms with E-state index in [1.54, 1.807) is 11.3 Å². The molecule has 2 atom stereocenters. The van der Waals surface area contributed by atoms with Gasteiger partial charge in [0.05, 0.1) is 22.3 Å². The smallest absolute Gasteiger partial charge is 0.115 e. The molecule has 1 fully saturated rings. The van der Waals surface area contributed by atoms with Crippen LogP contribution in [0.1, 0.15) is 45.5 Å². The summed E-state index contributed by atoms with van der Waals surface area (Å²) in [7, 11) is 0. The molecule has 0 bridgehead atoms. The molecule has 0 amide bonds. The summed E-state index contributed by atoms with van der Waals surface area (Å²) in [5, 5.41) is 18.8. The van der Waals surface area contributed by atoms with Crippen molar-refractivity contribution < 1.29 is 0 Å². The van der Waals surface area contributed by atoms with Crippen molar-refractivity contribution in [2.24, 2.45) is 0 Å². The van der Waals surface area contributed by atoms with Crippen LogP contribution in [0, 0.1) is 11.3 Å². The first-order valence-corrected chi connectivity index (χ1v) is 17.7. The van der Waals surface area contributed by atoms with E-state index in [0.717, 1.165) is 67.6 Å². The molecule has 2 unspecified atom stereocenters. The van der Waals surface area contributed by atoms with Gasteiger partial charge in [0, 0.05) is 50.0 Å². The van der Waals surface area contributed by atoms with Crippen molar-refractivity contribution >= 4 is 56.1 Å². The average molecular weight is 652 g/mol. The van der Waals surface area contributed by atoms with Gasteiger partial charge >= 0.3 is 0 Å². The number of hydrogen-bond acceptors (Lipinski definition) is 8. The molecule has 5 nitrogen and oxygen atoms in total. The maximum Gasteiger partial charge on any atom is 0.115 e. The molecule has 0 aliphatic carbocycles. The Balaban J connectivity index is 1.22. The van der Waals surface area contributed by atoms with Gasteiger partial charge in [0.2, 0.25) is 0 Å². The second kappa shape index (κ2) is 12.6. The summed E-state index contributed by atoms with van der Waals surface area (Å²) in [6.07, 6.45) is 2.01. The predicted molar refractivity (Wildman–Crippen MR) is 192 cm³/mol. The van der Waals surface area contributed by atoms with E-state index in [1.165, 1.54) is 27.7 Å². The van der Waals surface area contributed by atoms with Crippen LogP contribution in [-0.4, -0.2) is 15.3 Å². The Kier molecular flexibility index (Phi) is 7.90. The Bertz CT molecular complexity index is 2160. The lowest BCUT2D eigenvalue weighted by Gasteiger charge is -2.17. The molecule has 8 rings (SSSR count). The molecule has 4 aromatic carbocycles. The first kappa shape index (κ1) is 28.8. The Labute approximate surface area is 280 Å². The molecule has 4 heterocycles. The zero-order valence-electron chi connectivity index (χ0n) is 24.8. The van der Waals surface area contributed by atoms with Crippen LogP contribution in [0.4, 0.5) is 10.7 Å². The molecule has 224 valence electrons. The average Bonchev–Trinajstić information content (AvgIpc) is 3.42. The van der Waals surface area contributed by atoms with Crippen molar-refractivity contribution in [3.63, 3.8) is 0 Å². The van der Waals surface area contributed by atoms with Crippen molar-refractivity contribution in [2.75, 3.05) is 11.9 Å². The Morgan fingerprint density at radius 1 is 0.783 bits per heavy atom. The van der Waals surface area contributed by atoms with Crippen LogP contribution in [0.5, 0.6) is 0 Å². The molecule has 7 aromatic rings. The summed E-state index contributed by atoms with van der Waals surface area (Å²) in [6, 6.07) is 43.1. The van der Waals surface area contributed by atoms with E-state index < -0.39 is 0 Å². The van der Waals surface area contributed by atoms with E-state index >= 15 is 0 Å². The maximum absolute atomic E-state index is 10.7. The van der Waals surface area contributed by atoms with Crippen LogP contribution in [-0.2, 0) is 6.42 Å². The maximum atomic E-state index is 10.7. The van der Waals surface area contributed by atoms with Gasteiger partial charge in [-0.1, -0.05) is 78.9 Å². The summed E-state index contributed by atoms with van der Waals surface area (Å²) >= 11 is 4.68. The molecule has 0 saturated carbocycles. The predicted octanol–water partition coefficient (Wildman–Crippen LogP) is 10.2. The van der Waals surface area contributed by atoms with Crippen molar-refractivity contribution in [3.8, 4) is 27.0 Å². The highest BCUT2D eigenvalue weighted by molar-refractivity contribution is 7.19. The highest BCUT2D eigenvalue weighted by Crippen LogP contribution is 2.49. The summed E-state index contributed by atoms with van der Waals surface area (Å²) in [5.74, 6) is 0.267. The van der Waals surface area contributed by atoms with Crippen LogP contribution < -0.4 is 10.6 Å². The Morgan fingerprint density at radius 2 is 1.43 bits per heavy atom. The summed E-state index contributed by atoms with van der Waals surface area (Å²) < 4.78 is 9.69. The number of nitrogens with zero attached hydrogens (tertiary/aromatic N) is 3. The highest BCUT2D eigenvalue weighted by Gasteiger charge is 2.35. The number of anilines is 2. The number of fused-ring (bicyclic) bond motifs is 1. The fourth-order valence-electron chi connectivity index (χ4n) is 6.23. The van der Waals surface area contributed by atoms with Crippen LogP contribution in [0.3, 0.4) is 0 Å². The van der Waals surface area contributed by atoms with Gasteiger partial charge in [0.15, 0.2) is 0 Å². The third kappa shape index (κ3) is 5.63. The largest absolute Gasteiger partial charge is 0.347 e. The van der Waals surface area contributed by atoms with Crippen LogP contribution in [0.25, 0.3) is 31.9 Å². The van der Waals surface area contributed by atoms with Gasteiger partial charge in [-0.25, -0.2) is 0 Å². The second-order valence-electron chi connectivity index (χ2n) is 11.4. The number of nitrogens with one attached hydrogen (secondary N) is 2. The van der Waals surface area contributed by atoms with Gasteiger partial charge in [-0.2, -0.15) is 14.0 Å². The lowest BCUT2D eigenvalue weighted by Crippen LogP contribution is -2.01. The number of nitriles is 1. The summed E-state index contributed by atoms with van der Waals surface area (Å²) in [4.78, 5) is 3.47. The zero-order valence-corrected chi connectivity index (χ0v) is 27.3. The molecular formula is C38H29N5S3. The van der Waals surface area contributed by atoms with Crippen LogP contribution in [0.15, 0.2) is 115 Å². The van der Waals surface area contributed by atoms with Gasteiger partial charge < -0.3 is 10.6 Å². The quantitative estimate of drug-likeness (QED) is 0.144. The minimum absolute atomic E-state index is 0.116. The number of thiophene rings is 2. The third-order valence-corrected chi connectivity index (χ3v) is 11.3. The van der Waals surface area contributed by atoms with Gasteiger partial charge in [-0.05, 0) is 65.9 Å². The number of para-hydroxylation sites is 1. The monoisotopic (exact) mass is 651 g/mol. The lowest BCUT2D eigenvalue weighted by molar-refractivity contribution is 0.726. The van der Waals surface area contributed by atoms with Crippen molar-refractivity contribution in [2.45, 2.75) is 24.8 Å². The van der Waals surface area contributed by atoms with E-state index in [4.69, 9.17) is 8.75 Å². The topological polar surface area (TPSA) is 83.5 Å². The normalized spacial score (nSPS) is 14.6. The number of aryl methyl sites for hydroxylation is 1. The van der Waals surface area contributed by atoms with Crippen molar-refractivity contribution in [1.82, 2.24) is 14.1 Å². The Hall–Kier alpha value is -4.65. The first-order chi connectivity index (χ1) is 22.8. The molecule has 3 aromatic heterocycles. The molecule has 1 aliphatic rings. The fraction of sp³-hybridized carbons (Fsp3) is 0.132. The minimum Gasteiger partial charge on any atom is -0.347 e. The van der Waals surface area contributed by atoms with Crippen molar-refractivity contribution in [3.05, 3.63) is 142 Å². The fourth-order valence-corrected chi connectivity index (χ4v) is 9.00. The Morgan fingerprint density at radius 3 is 2.15 bits per heavy atom. The van der Waals surface area contributed by atoms with Gasteiger partial charge in [0.25, 0.3) is 0 Å². The van der Waals surface area contributed by atoms with E-state index in [2.05, 4.69) is 102 Å². The molecule has 8 heteroatoms. The molecule has 1 aliphatic heterocycles. The summed E-state index contributed by atoms with van der Waals surface area (Å²) in [5.41, 5.74) is 9.03. The number of hydrogen-bond donors (Lipinski definition) is 2. The van der Waals surface area contributed by atoms with E-state index in [0.29, 0.717) is 5.56 Å². The molecule has 0 radical (unpaired) electrons. The molecule has 1 saturated heterocycles. The first-order valence-electron chi connectivity index (χ1n) is 15.3. The second-order valence-corrected chi connectivity index (χ2v) is 14.1. The van der Waals surface area contributed by atoms with Crippen LogP contribution in [0.2, 0.25) is 0 Å². The molecule has 46 heavy (non-hydrogen) atoms. The third-order valence-electron chi connectivity index (χ3n) is 8.50. The van der Waals surface area contributed by atoms with Crippen LogP contribution >= 0.6 is 34.4 Å². The summed E-state index contributed by atoms with van der Waals surface area (Å²) in [6.45, 7) is 0.845.